The molecule has 1 amide bonds. The lowest BCUT2D eigenvalue weighted by Crippen LogP contribution is -2.13. The van der Waals surface area contributed by atoms with Gasteiger partial charge in [-0.3, -0.25) is 4.79 Å². The van der Waals surface area contributed by atoms with Gasteiger partial charge in [0, 0.05) is 6.42 Å². The average Bonchev–Trinajstić information content (AvgIpc) is 2.62. The maximum Gasteiger partial charge on any atom is 0.224 e. The lowest BCUT2D eigenvalue weighted by Gasteiger charge is -2.10. The van der Waals surface area contributed by atoms with Crippen molar-refractivity contribution in [1.82, 2.24) is 0 Å². The molecule has 6 heteroatoms. The molecule has 0 unspecified atom stereocenters. The molecular weight excluding hydrogens is 338 g/mol. The number of phenols is 1. The Labute approximate surface area is 148 Å². The molecule has 0 radical (unpaired) electrons. The van der Waals surface area contributed by atoms with E-state index in [1.807, 2.05) is 24.3 Å². The van der Waals surface area contributed by atoms with E-state index in [0.29, 0.717) is 6.42 Å². The molecule has 25 heavy (non-hydrogen) atoms. The number of anilines is 1. The molecule has 0 fully saturated rings. The van der Waals surface area contributed by atoms with Crippen molar-refractivity contribution in [2.45, 2.75) is 38.0 Å². The number of phenolic OH excluding ortho intramolecular Hbond substituents is 1. The summed E-state index contributed by atoms with van der Waals surface area (Å²) in [4.78, 5) is 12.2. The standard InChI is InChI=1S/C19H23NO4S/c1-3-14-5-7-15(8-6-14)9-12-19(22)20-17-13-16(10-11-18(17)21)25(23,24)4-2/h5-8,10-11,13,21H,3-4,9,12H2,1-2H3,(H,20,22). The second kappa shape index (κ2) is 8.16. The van der Waals surface area contributed by atoms with E-state index in [0.717, 1.165) is 12.0 Å². The lowest BCUT2D eigenvalue weighted by atomic mass is 10.1. The summed E-state index contributed by atoms with van der Waals surface area (Å²) in [7, 11) is -3.40. The number of carbonyl (C=O) groups is 1. The van der Waals surface area contributed by atoms with E-state index < -0.39 is 9.84 Å². The Morgan fingerprint density at radius 2 is 1.68 bits per heavy atom. The van der Waals surface area contributed by atoms with Gasteiger partial charge >= 0.3 is 0 Å². The summed E-state index contributed by atoms with van der Waals surface area (Å²) < 4.78 is 23.8. The van der Waals surface area contributed by atoms with Crippen molar-refractivity contribution in [2.24, 2.45) is 0 Å². The first kappa shape index (κ1) is 19.0. The van der Waals surface area contributed by atoms with Gasteiger partial charge in [0.1, 0.15) is 5.75 Å². The molecule has 0 bridgehead atoms. The molecule has 0 aliphatic heterocycles. The zero-order valence-electron chi connectivity index (χ0n) is 14.5. The molecule has 0 saturated heterocycles. The fourth-order valence-corrected chi connectivity index (χ4v) is 3.29. The Morgan fingerprint density at radius 3 is 2.28 bits per heavy atom. The summed E-state index contributed by atoms with van der Waals surface area (Å²) in [5.41, 5.74) is 2.41. The first-order valence-electron chi connectivity index (χ1n) is 8.29. The van der Waals surface area contributed by atoms with Crippen LogP contribution < -0.4 is 5.32 Å². The lowest BCUT2D eigenvalue weighted by molar-refractivity contribution is -0.116. The SMILES string of the molecule is CCc1ccc(CCC(=O)Nc2cc(S(=O)(=O)CC)ccc2O)cc1. The molecule has 0 atom stereocenters. The minimum absolute atomic E-state index is 0.0427. The molecule has 0 spiro atoms. The monoisotopic (exact) mass is 361 g/mol. The molecule has 2 aromatic rings. The zero-order chi connectivity index (χ0) is 18.4. The Morgan fingerprint density at radius 1 is 1.04 bits per heavy atom. The highest BCUT2D eigenvalue weighted by Gasteiger charge is 2.15. The third-order valence-corrected chi connectivity index (χ3v) is 5.79. The number of rotatable bonds is 7. The van der Waals surface area contributed by atoms with Crippen LogP contribution in [-0.4, -0.2) is 25.2 Å². The zero-order valence-corrected chi connectivity index (χ0v) is 15.3. The smallest absolute Gasteiger partial charge is 0.224 e. The van der Waals surface area contributed by atoms with Crippen LogP contribution in [0.1, 0.15) is 31.4 Å². The van der Waals surface area contributed by atoms with E-state index in [9.17, 15) is 18.3 Å². The van der Waals surface area contributed by atoms with Crippen LogP contribution in [-0.2, 0) is 27.5 Å². The van der Waals surface area contributed by atoms with Gasteiger partial charge in [0.2, 0.25) is 5.91 Å². The molecule has 2 N–H and O–H groups in total. The van der Waals surface area contributed by atoms with Crippen molar-refractivity contribution < 1.29 is 18.3 Å². The van der Waals surface area contributed by atoms with Gasteiger partial charge in [0.25, 0.3) is 0 Å². The van der Waals surface area contributed by atoms with Gasteiger partial charge in [-0.25, -0.2) is 8.42 Å². The van der Waals surface area contributed by atoms with E-state index in [2.05, 4.69) is 12.2 Å². The van der Waals surface area contributed by atoms with Gasteiger partial charge in [-0.05, 0) is 42.2 Å². The third-order valence-electron chi connectivity index (χ3n) is 4.05. The van der Waals surface area contributed by atoms with Crippen molar-refractivity contribution >= 4 is 21.4 Å². The predicted octanol–water partition coefficient (Wildman–Crippen LogP) is 3.32. The summed E-state index contributed by atoms with van der Waals surface area (Å²) in [6, 6.07) is 12.0. The third kappa shape index (κ3) is 5.06. The minimum Gasteiger partial charge on any atom is -0.506 e. The Balaban J connectivity index is 2.03. The van der Waals surface area contributed by atoms with E-state index in [4.69, 9.17) is 0 Å². The quantitative estimate of drug-likeness (QED) is 0.741. The molecule has 0 saturated carbocycles. The molecular formula is C19H23NO4S. The van der Waals surface area contributed by atoms with Crippen molar-refractivity contribution in [2.75, 3.05) is 11.1 Å². The second-order valence-corrected chi connectivity index (χ2v) is 8.08. The van der Waals surface area contributed by atoms with E-state index >= 15 is 0 Å². The van der Waals surface area contributed by atoms with Crippen molar-refractivity contribution in [1.29, 1.82) is 0 Å². The minimum atomic E-state index is -3.40. The van der Waals surface area contributed by atoms with Gasteiger partial charge in [0.05, 0.1) is 16.3 Å². The number of aromatic hydroxyl groups is 1. The maximum atomic E-state index is 12.1. The number of carbonyl (C=O) groups excluding carboxylic acids is 1. The highest BCUT2D eigenvalue weighted by Crippen LogP contribution is 2.27. The second-order valence-electron chi connectivity index (χ2n) is 5.80. The van der Waals surface area contributed by atoms with E-state index in [1.165, 1.54) is 23.8 Å². The van der Waals surface area contributed by atoms with Gasteiger partial charge in [0.15, 0.2) is 9.84 Å². The first-order valence-corrected chi connectivity index (χ1v) is 9.94. The first-order chi connectivity index (χ1) is 11.9. The van der Waals surface area contributed by atoms with Gasteiger partial charge < -0.3 is 10.4 Å². The Hall–Kier alpha value is -2.34. The van der Waals surface area contributed by atoms with Gasteiger partial charge in [-0.1, -0.05) is 38.1 Å². The van der Waals surface area contributed by atoms with Crippen molar-refractivity contribution in [3.8, 4) is 5.75 Å². The number of hydrogen-bond donors (Lipinski definition) is 2. The summed E-state index contributed by atoms with van der Waals surface area (Å²) in [5.74, 6) is -0.476. The van der Waals surface area contributed by atoms with Crippen LogP contribution in [0.25, 0.3) is 0 Å². The van der Waals surface area contributed by atoms with Crippen LogP contribution in [0, 0.1) is 0 Å². The maximum absolute atomic E-state index is 12.1. The molecule has 0 aromatic heterocycles. The summed E-state index contributed by atoms with van der Waals surface area (Å²) in [6.07, 6.45) is 1.79. The van der Waals surface area contributed by atoms with Gasteiger partial charge in [-0.2, -0.15) is 0 Å². The predicted molar refractivity (Wildman–Crippen MR) is 98.6 cm³/mol. The van der Waals surface area contributed by atoms with E-state index in [-0.39, 0.29) is 34.4 Å². The molecule has 5 nitrogen and oxygen atoms in total. The summed E-state index contributed by atoms with van der Waals surface area (Å²) in [5, 5.41) is 12.4. The fourth-order valence-electron chi connectivity index (χ4n) is 2.39. The fraction of sp³-hybridized carbons (Fsp3) is 0.316. The van der Waals surface area contributed by atoms with Crippen LogP contribution in [0.4, 0.5) is 5.69 Å². The molecule has 0 heterocycles. The van der Waals surface area contributed by atoms with Crippen LogP contribution in [0.2, 0.25) is 0 Å². The number of amides is 1. The van der Waals surface area contributed by atoms with Crippen LogP contribution >= 0.6 is 0 Å². The Kier molecular flexibility index (Phi) is 6.20. The molecule has 0 aliphatic rings. The van der Waals surface area contributed by atoms with Crippen molar-refractivity contribution in [3.05, 3.63) is 53.6 Å². The number of hydrogen-bond acceptors (Lipinski definition) is 4. The van der Waals surface area contributed by atoms with Crippen molar-refractivity contribution in [3.63, 3.8) is 0 Å². The number of sulfone groups is 1. The average molecular weight is 361 g/mol. The highest BCUT2D eigenvalue weighted by molar-refractivity contribution is 7.91. The molecule has 2 rings (SSSR count). The molecule has 2 aromatic carbocycles. The van der Waals surface area contributed by atoms with E-state index in [1.54, 1.807) is 6.92 Å². The highest BCUT2D eigenvalue weighted by atomic mass is 32.2. The topological polar surface area (TPSA) is 83.5 Å². The number of aryl methyl sites for hydroxylation is 2. The summed E-state index contributed by atoms with van der Waals surface area (Å²) >= 11 is 0. The molecule has 0 aliphatic carbocycles. The largest absolute Gasteiger partial charge is 0.506 e. The molecule has 134 valence electrons. The van der Waals surface area contributed by atoms with Crippen LogP contribution in [0.5, 0.6) is 5.75 Å². The number of nitrogens with one attached hydrogen (secondary N) is 1. The Bertz CT molecular complexity index is 842. The van der Waals surface area contributed by atoms with Crippen LogP contribution in [0.15, 0.2) is 47.4 Å². The normalized spacial score (nSPS) is 11.3. The van der Waals surface area contributed by atoms with Gasteiger partial charge in [-0.15, -0.1) is 0 Å². The number of benzene rings is 2. The summed E-state index contributed by atoms with van der Waals surface area (Å²) in [6.45, 7) is 3.63. The van der Waals surface area contributed by atoms with Crippen LogP contribution in [0.3, 0.4) is 0 Å².